The molecule has 0 aliphatic rings. The molecule has 1 heterocycles. The van der Waals surface area contributed by atoms with Crippen molar-refractivity contribution < 1.29 is 4.52 Å². The van der Waals surface area contributed by atoms with Crippen molar-refractivity contribution in [2.75, 3.05) is 0 Å². The molecule has 0 radical (unpaired) electrons. The SMILES string of the molecule is CC(C)c1ccc(C(C)C)c2nocc12. The fourth-order valence-corrected chi connectivity index (χ4v) is 1.97. The number of aromatic nitrogens is 1. The van der Waals surface area contributed by atoms with Gasteiger partial charge in [0.2, 0.25) is 0 Å². The highest BCUT2D eigenvalue weighted by Gasteiger charge is 2.13. The van der Waals surface area contributed by atoms with Crippen LogP contribution in [0, 0.1) is 0 Å². The summed E-state index contributed by atoms with van der Waals surface area (Å²) in [5.74, 6) is 0.993. The molecular weight excluding hydrogens is 186 g/mol. The second-order valence-corrected chi connectivity index (χ2v) is 4.63. The fourth-order valence-electron chi connectivity index (χ4n) is 1.97. The molecule has 2 nitrogen and oxygen atoms in total. The summed E-state index contributed by atoms with van der Waals surface area (Å²) in [5, 5.41) is 5.27. The van der Waals surface area contributed by atoms with E-state index in [-0.39, 0.29) is 0 Å². The Morgan fingerprint density at radius 1 is 1.00 bits per heavy atom. The topological polar surface area (TPSA) is 26.0 Å². The molecule has 1 aromatic carbocycles. The first kappa shape index (κ1) is 10.2. The molecule has 2 aromatic rings. The Hall–Kier alpha value is -1.31. The summed E-state index contributed by atoms with van der Waals surface area (Å²) in [6.07, 6.45) is 1.76. The van der Waals surface area contributed by atoms with Crippen molar-refractivity contribution >= 4 is 10.9 Å². The first-order valence-electron chi connectivity index (χ1n) is 5.48. The minimum Gasteiger partial charge on any atom is -0.363 e. The van der Waals surface area contributed by atoms with Crippen molar-refractivity contribution in [3.05, 3.63) is 29.5 Å². The highest BCUT2D eigenvalue weighted by molar-refractivity contribution is 5.85. The third-order valence-electron chi connectivity index (χ3n) is 2.84. The van der Waals surface area contributed by atoms with Crippen molar-refractivity contribution in [2.24, 2.45) is 0 Å². The number of fused-ring (bicyclic) bond motifs is 1. The first-order chi connectivity index (χ1) is 7.11. The molecule has 0 saturated carbocycles. The Morgan fingerprint density at radius 2 is 1.60 bits per heavy atom. The van der Waals surface area contributed by atoms with Crippen LogP contribution in [0.25, 0.3) is 10.9 Å². The molecule has 0 amide bonds. The van der Waals surface area contributed by atoms with Gasteiger partial charge in [-0.25, -0.2) is 0 Å². The number of benzene rings is 1. The van der Waals surface area contributed by atoms with Gasteiger partial charge < -0.3 is 4.52 Å². The summed E-state index contributed by atoms with van der Waals surface area (Å²) in [4.78, 5) is 0. The van der Waals surface area contributed by atoms with Gasteiger partial charge in [-0.05, 0) is 23.0 Å². The van der Waals surface area contributed by atoms with Gasteiger partial charge in [-0.3, -0.25) is 0 Å². The maximum absolute atomic E-state index is 5.10. The largest absolute Gasteiger partial charge is 0.363 e. The van der Waals surface area contributed by atoms with Crippen molar-refractivity contribution in [1.29, 1.82) is 0 Å². The van der Waals surface area contributed by atoms with Gasteiger partial charge in [0.25, 0.3) is 0 Å². The van der Waals surface area contributed by atoms with E-state index < -0.39 is 0 Å². The lowest BCUT2D eigenvalue weighted by Crippen LogP contribution is -1.94. The van der Waals surface area contributed by atoms with Gasteiger partial charge >= 0.3 is 0 Å². The van der Waals surface area contributed by atoms with Gasteiger partial charge in [-0.1, -0.05) is 45.0 Å². The molecule has 0 spiro atoms. The second kappa shape index (κ2) is 3.69. The van der Waals surface area contributed by atoms with E-state index in [1.807, 2.05) is 0 Å². The zero-order chi connectivity index (χ0) is 11.0. The zero-order valence-corrected chi connectivity index (χ0v) is 9.74. The quantitative estimate of drug-likeness (QED) is 0.735. The number of hydrogen-bond donors (Lipinski definition) is 0. The summed E-state index contributed by atoms with van der Waals surface area (Å²) in [6, 6.07) is 4.37. The molecule has 0 N–H and O–H groups in total. The van der Waals surface area contributed by atoms with E-state index in [4.69, 9.17) is 4.52 Å². The molecule has 2 rings (SSSR count). The van der Waals surface area contributed by atoms with Crippen LogP contribution in [0.1, 0.15) is 50.7 Å². The summed E-state index contributed by atoms with van der Waals surface area (Å²) in [7, 11) is 0. The number of hydrogen-bond acceptors (Lipinski definition) is 2. The van der Waals surface area contributed by atoms with Gasteiger partial charge in [-0.15, -0.1) is 0 Å². The molecule has 0 fully saturated rings. The Labute approximate surface area is 90.3 Å². The molecule has 0 saturated heterocycles. The molecule has 80 valence electrons. The molecular formula is C13H17NO. The Balaban J connectivity index is 2.71. The molecule has 0 atom stereocenters. The van der Waals surface area contributed by atoms with Gasteiger partial charge in [0.15, 0.2) is 0 Å². The predicted octanol–water partition coefficient (Wildman–Crippen LogP) is 4.07. The van der Waals surface area contributed by atoms with Crippen LogP contribution in [-0.2, 0) is 0 Å². The highest BCUT2D eigenvalue weighted by atomic mass is 16.5. The standard InChI is InChI=1S/C13H17NO/c1-8(2)10-5-6-11(9(3)4)13-12(10)7-15-14-13/h5-9H,1-4H3. The van der Waals surface area contributed by atoms with Gasteiger partial charge in [0, 0.05) is 5.39 Å². The third-order valence-corrected chi connectivity index (χ3v) is 2.84. The smallest absolute Gasteiger partial charge is 0.131 e. The average molecular weight is 203 g/mol. The van der Waals surface area contributed by atoms with E-state index in [0.717, 1.165) is 10.9 Å². The minimum atomic E-state index is 0.485. The summed E-state index contributed by atoms with van der Waals surface area (Å²) < 4.78 is 5.10. The average Bonchev–Trinajstić information content (AvgIpc) is 2.63. The van der Waals surface area contributed by atoms with Crippen molar-refractivity contribution in [3.63, 3.8) is 0 Å². The summed E-state index contributed by atoms with van der Waals surface area (Å²) in [5.41, 5.74) is 3.61. The fraction of sp³-hybridized carbons (Fsp3) is 0.462. The van der Waals surface area contributed by atoms with E-state index >= 15 is 0 Å². The Kier molecular flexibility index (Phi) is 2.51. The minimum absolute atomic E-state index is 0.485. The monoisotopic (exact) mass is 203 g/mol. The van der Waals surface area contributed by atoms with Crippen LogP contribution in [0.3, 0.4) is 0 Å². The maximum atomic E-state index is 5.10. The number of nitrogens with zero attached hydrogens (tertiary/aromatic N) is 1. The van der Waals surface area contributed by atoms with E-state index in [2.05, 4.69) is 45.0 Å². The van der Waals surface area contributed by atoms with Crippen LogP contribution < -0.4 is 0 Å². The lowest BCUT2D eigenvalue weighted by molar-refractivity contribution is 0.427. The van der Waals surface area contributed by atoms with E-state index in [1.165, 1.54) is 11.1 Å². The Bertz CT molecular complexity index is 426. The van der Waals surface area contributed by atoms with Crippen LogP contribution >= 0.6 is 0 Å². The molecule has 0 bridgehead atoms. The van der Waals surface area contributed by atoms with E-state index in [0.29, 0.717) is 11.8 Å². The predicted molar refractivity (Wildman–Crippen MR) is 62.2 cm³/mol. The highest BCUT2D eigenvalue weighted by Crippen LogP contribution is 2.30. The van der Waals surface area contributed by atoms with E-state index in [1.54, 1.807) is 6.26 Å². The first-order valence-corrected chi connectivity index (χ1v) is 5.48. The maximum Gasteiger partial charge on any atom is 0.131 e. The van der Waals surface area contributed by atoms with E-state index in [9.17, 15) is 0 Å². The van der Waals surface area contributed by atoms with Gasteiger partial charge in [0.05, 0.1) is 0 Å². The molecule has 0 aliphatic carbocycles. The lowest BCUT2D eigenvalue weighted by atomic mass is 9.93. The number of rotatable bonds is 2. The van der Waals surface area contributed by atoms with Crippen LogP contribution in [0.2, 0.25) is 0 Å². The normalized spacial score (nSPS) is 11.9. The van der Waals surface area contributed by atoms with Crippen molar-refractivity contribution in [1.82, 2.24) is 5.16 Å². The van der Waals surface area contributed by atoms with Crippen LogP contribution in [0.4, 0.5) is 0 Å². The van der Waals surface area contributed by atoms with Crippen LogP contribution in [0.15, 0.2) is 22.9 Å². The molecule has 1 aromatic heterocycles. The van der Waals surface area contributed by atoms with Crippen molar-refractivity contribution in [2.45, 2.75) is 39.5 Å². The second-order valence-electron chi connectivity index (χ2n) is 4.63. The zero-order valence-electron chi connectivity index (χ0n) is 9.74. The molecule has 15 heavy (non-hydrogen) atoms. The van der Waals surface area contributed by atoms with Crippen molar-refractivity contribution in [3.8, 4) is 0 Å². The van der Waals surface area contributed by atoms with Gasteiger partial charge in [0.1, 0.15) is 11.8 Å². The summed E-state index contributed by atoms with van der Waals surface area (Å²) in [6.45, 7) is 8.74. The molecule has 0 unspecified atom stereocenters. The van der Waals surface area contributed by atoms with Gasteiger partial charge in [-0.2, -0.15) is 0 Å². The molecule has 2 heteroatoms. The van der Waals surface area contributed by atoms with Crippen LogP contribution in [-0.4, -0.2) is 5.16 Å². The van der Waals surface area contributed by atoms with Crippen LogP contribution in [0.5, 0.6) is 0 Å². The lowest BCUT2D eigenvalue weighted by Gasteiger charge is -2.10. The molecule has 0 aliphatic heterocycles. The Morgan fingerprint density at radius 3 is 2.20 bits per heavy atom. The third kappa shape index (κ3) is 1.65. The summed E-state index contributed by atoms with van der Waals surface area (Å²) >= 11 is 0.